The summed E-state index contributed by atoms with van der Waals surface area (Å²) in [6.07, 6.45) is -1.43. The largest absolute Gasteiger partial charge is 0.465 e. The Balaban J connectivity index is 1.41. The number of anilines is 3. The van der Waals surface area contributed by atoms with Gasteiger partial charge in [-0.05, 0) is 81.3 Å². The molecule has 4 aromatic rings. The standard InChI is InChI=1S/C33H34N4O5/c1-22-12-14-23(15-13-22)27-9-5-6-10-28(27)30(38)35-25-16-18-26(19-17-25)37(32(40)41)21-20-24-8-7-11-29(34-24)36-31(39)42-33(2,3)4/h5-19H,20-21H2,1-4H3,(H,35,38)(H,40,41)(H,34,36,39). The van der Waals surface area contributed by atoms with Crippen molar-refractivity contribution in [1.82, 2.24) is 4.98 Å². The molecule has 0 fully saturated rings. The molecule has 0 unspecified atom stereocenters. The number of benzene rings is 3. The van der Waals surface area contributed by atoms with Crippen molar-refractivity contribution < 1.29 is 24.2 Å². The fraction of sp³-hybridized carbons (Fsp3) is 0.212. The first kappa shape index (κ1) is 29.8. The van der Waals surface area contributed by atoms with Crippen molar-refractivity contribution in [3.63, 3.8) is 0 Å². The molecule has 0 spiro atoms. The number of carbonyl (C=O) groups excluding carboxylic acids is 2. The van der Waals surface area contributed by atoms with Gasteiger partial charge in [-0.2, -0.15) is 0 Å². The van der Waals surface area contributed by atoms with Crippen LogP contribution in [0, 0.1) is 6.92 Å². The van der Waals surface area contributed by atoms with E-state index in [1.165, 1.54) is 4.90 Å². The number of aryl methyl sites for hydroxylation is 1. The topological polar surface area (TPSA) is 121 Å². The smallest absolute Gasteiger partial charge is 0.413 e. The van der Waals surface area contributed by atoms with Crippen LogP contribution >= 0.6 is 0 Å². The molecular formula is C33H34N4O5. The molecule has 216 valence electrons. The van der Waals surface area contributed by atoms with Gasteiger partial charge in [-0.15, -0.1) is 0 Å². The van der Waals surface area contributed by atoms with Crippen LogP contribution in [0.2, 0.25) is 0 Å². The number of nitrogens with zero attached hydrogens (tertiary/aromatic N) is 2. The molecule has 0 saturated heterocycles. The minimum Gasteiger partial charge on any atom is -0.465 e. The van der Waals surface area contributed by atoms with Crippen LogP contribution in [0.25, 0.3) is 11.1 Å². The Morgan fingerprint density at radius 1 is 0.857 bits per heavy atom. The number of ether oxygens (including phenoxy) is 1. The summed E-state index contributed by atoms with van der Waals surface area (Å²) in [5.41, 5.74) is 4.38. The Morgan fingerprint density at radius 2 is 1.55 bits per heavy atom. The molecule has 1 heterocycles. The van der Waals surface area contributed by atoms with Gasteiger partial charge in [-0.3, -0.25) is 15.0 Å². The lowest BCUT2D eigenvalue weighted by atomic mass is 9.98. The van der Waals surface area contributed by atoms with E-state index in [-0.39, 0.29) is 12.5 Å². The fourth-order valence-electron chi connectivity index (χ4n) is 4.25. The van der Waals surface area contributed by atoms with Crippen molar-refractivity contribution in [3.8, 4) is 11.1 Å². The molecule has 3 N–H and O–H groups in total. The van der Waals surface area contributed by atoms with Crippen molar-refractivity contribution in [3.05, 3.63) is 108 Å². The van der Waals surface area contributed by atoms with E-state index < -0.39 is 17.8 Å². The number of carbonyl (C=O) groups is 3. The Kier molecular flexibility index (Phi) is 9.22. The maximum absolute atomic E-state index is 13.2. The molecule has 0 aliphatic heterocycles. The second-order valence-corrected chi connectivity index (χ2v) is 10.7. The molecule has 9 heteroatoms. The van der Waals surface area contributed by atoms with Crippen LogP contribution in [0.3, 0.4) is 0 Å². The van der Waals surface area contributed by atoms with Gasteiger partial charge in [-0.1, -0.05) is 54.1 Å². The number of amides is 3. The summed E-state index contributed by atoms with van der Waals surface area (Å²) >= 11 is 0. The first-order chi connectivity index (χ1) is 20.0. The van der Waals surface area contributed by atoms with Gasteiger partial charge in [0.1, 0.15) is 11.4 Å². The van der Waals surface area contributed by atoms with Gasteiger partial charge in [0.15, 0.2) is 0 Å². The summed E-state index contributed by atoms with van der Waals surface area (Å²) in [7, 11) is 0. The highest BCUT2D eigenvalue weighted by Gasteiger charge is 2.18. The third-order valence-electron chi connectivity index (χ3n) is 6.23. The molecule has 0 bridgehead atoms. The molecule has 0 saturated carbocycles. The maximum atomic E-state index is 13.2. The van der Waals surface area contributed by atoms with Gasteiger partial charge < -0.3 is 15.2 Å². The SMILES string of the molecule is Cc1ccc(-c2ccccc2C(=O)Nc2ccc(N(CCc3cccc(NC(=O)OC(C)(C)C)n3)C(=O)O)cc2)cc1. The molecule has 0 atom stereocenters. The van der Waals surface area contributed by atoms with Crippen molar-refractivity contribution in [1.29, 1.82) is 0 Å². The van der Waals surface area contributed by atoms with Gasteiger partial charge >= 0.3 is 12.2 Å². The predicted molar refractivity (Wildman–Crippen MR) is 164 cm³/mol. The van der Waals surface area contributed by atoms with E-state index in [0.717, 1.165) is 16.7 Å². The summed E-state index contributed by atoms with van der Waals surface area (Å²) in [5, 5.41) is 15.4. The molecule has 42 heavy (non-hydrogen) atoms. The van der Waals surface area contributed by atoms with Crippen LogP contribution in [0.15, 0.2) is 91.0 Å². The lowest BCUT2D eigenvalue weighted by molar-refractivity contribution is 0.0635. The number of carboxylic acid groups (broad SMARTS) is 1. The zero-order chi connectivity index (χ0) is 30.3. The third-order valence-corrected chi connectivity index (χ3v) is 6.23. The van der Waals surface area contributed by atoms with Gasteiger partial charge in [0.2, 0.25) is 0 Å². The summed E-state index contributed by atoms with van der Waals surface area (Å²) in [5.74, 6) is 0.0487. The van der Waals surface area contributed by atoms with E-state index in [4.69, 9.17) is 4.74 Å². The first-order valence-electron chi connectivity index (χ1n) is 13.5. The zero-order valence-corrected chi connectivity index (χ0v) is 24.0. The number of nitrogens with one attached hydrogen (secondary N) is 2. The van der Waals surface area contributed by atoms with E-state index >= 15 is 0 Å². The van der Waals surface area contributed by atoms with Gasteiger partial charge in [0.05, 0.1) is 0 Å². The Bertz CT molecular complexity index is 1560. The van der Waals surface area contributed by atoms with Crippen molar-refractivity contribution in [2.75, 3.05) is 22.1 Å². The minimum atomic E-state index is -1.12. The molecule has 3 aromatic carbocycles. The number of aromatic nitrogens is 1. The average molecular weight is 567 g/mol. The molecular weight excluding hydrogens is 532 g/mol. The van der Waals surface area contributed by atoms with Gasteiger partial charge in [-0.25, -0.2) is 14.6 Å². The average Bonchev–Trinajstić information content (AvgIpc) is 2.93. The quantitative estimate of drug-likeness (QED) is 0.205. The molecule has 9 nitrogen and oxygen atoms in total. The number of rotatable bonds is 8. The second kappa shape index (κ2) is 13.0. The van der Waals surface area contributed by atoms with Crippen LogP contribution in [0.1, 0.15) is 42.4 Å². The summed E-state index contributed by atoms with van der Waals surface area (Å²) in [6, 6.07) is 27.1. The third kappa shape index (κ3) is 8.17. The molecule has 0 aliphatic rings. The fourth-order valence-corrected chi connectivity index (χ4v) is 4.25. The lowest BCUT2D eigenvalue weighted by Crippen LogP contribution is -2.31. The zero-order valence-electron chi connectivity index (χ0n) is 24.0. The Labute approximate surface area is 245 Å². The summed E-state index contributed by atoms with van der Waals surface area (Å²) in [6.45, 7) is 7.45. The van der Waals surface area contributed by atoms with Crippen LogP contribution in [0.5, 0.6) is 0 Å². The molecule has 3 amide bonds. The van der Waals surface area contributed by atoms with Crippen LogP contribution < -0.4 is 15.5 Å². The van der Waals surface area contributed by atoms with E-state index in [9.17, 15) is 19.5 Å². The molecule has 0 aliphatic carbocycles. The Morgan fingerprint density at radius 3 is 2.21 bits per heavy atom. The van der Waals surface area contributed by atoms with Gasteiger partial charge in [0, 0.05) is 35.6 Å². The summed E-state index contributed by atoms with van der Waals surface area (Å²) in [4.78, 5) is 42.9. The highest BCUT2D eigenvalue weighted by molar-refractivity contribution is 6.08. The first-order valence-corrected chi connectivity index (χ1v) is 13.5. The number of hydrogen-bond acceptors (Lipinski definition) is 5. The van der Waals surface area contributed by atoms with Crippen LogP contribution in [-0.4, -0.2) is 40.3 Å². The highest BCUT2D eigenvalue weighted by Crippen LogP contribution is 2.26. The van der Waals surface area contributed by atoms with E-state index in [2.05, 4.69) is 15.6 Å². The van der Waals surface area contributed by atoms with Crippen molar-refractivity contribution in [2.24, 2.45) is 0 Å². The highest BCUT2D eigenvalue weighted by atomic mass is 16.6. The van der Waals surface area contributed by atoms with Crippen molar-refractivity contribution in [2.45, 2.75) is 39.7 Å². The second-order valence-electron chi connectivity index (χ2n) is 10.7. The monoisotopic (exact) mass is 566 g/mol. The molecule has 1 aromatic heterocycles. The van der Waals surface area contributed by atoms with E-state index in [1.807, 2.05) is 49.4 Å². The molecule has 4 rings (SSSR count). The minimum absolute atomic E-state index is 0.133. The van der Waals surface area contributed by atoms with E-state index in [0.29, 0.717) is 34.9 Å². The number of pyridine rings is 1. The van der Waals surface area contributed by atoms with Crippen molar-refractivity contribution >= 4 is 35.3 Å². The maximum Gasteiger partial charge on any atom is 0.413 e. The van der Waals surface area contributed by atoms with Gasteiger partial charge in [0.25, 0.3) is 5.91 Å². The van der Waals surface area contributed by atoms with Crippen LogP contribution in [0.4, 0.5) is 26.8 Å². The predicted octanol–water partition coefficient (Wildman–Crippen LogP) is 7.38. The van der Waals surface area contributed by atoms with Crippen LogP contribution in [-0.2, 0) is 11.2 Å². The summed E-state index contributed by atoms with van der Waals surface area (Å²) < 4.78 is 5.26. The Hall–Kier alpha value is -5.18. The number of hydrogen-bond donors (Lipinski definition) is 3. The normalized spacial score (nSPS) is 11.0. The van der Waals surface area contributed by atoms with E-state index in [1.54, 1.807) is 69.3 Å². The molecule has 0 radical (unpaired) electrons. The lowest BCUT2D eigenvalue weighted by Gasteiger charge is -2.20.